The van der Waals surface area contributed by atoms with E-state index in [0.29, 0.717) is 0 Å². The zero-order valence-electron chi connectivity index (χ0n) is 22.3. The van der Waals surface area contributed by atoms with Crippen LogP contribution < -0.4 is 42.3 Å². The lowest BCUT2D eigenvalue weighted by molar-refractivity contribution is 0.481. The Morgan fingerprint density at radius 2 is 0.786 bits per heavy atom. The predicted molar refractivity (Wildman–Crippen MR) is 175 cm³/mol. The largest absolute Gasteiger partial charge is 0.458 e. The Kier molecular flexibility index (Phi) is 4.80. The molecule has 0 aliphatic carbocycles. The SMILES string of the molecule is c1ccc2c(c1)Oc1c(-c3ccc4c5c3Oc3ccccc3B5c3ccccc3S4)ccc3c1B2c1ccccc1S3. The lowest BCUT2D eigenvalue weighted by Gasteiger charge is -2.36. The molecule has 4 aliphatic heterocycles. The summed E-state index contributed by atoms with van der Waals surface area (Å²) in [4.78, 5) is 5.14. The third-order valence-corrected chi connectivity index (χ3v) is 11.3. The summed E-state index contributed by atoms with van der Waals surface area (Å²) in [5.74, 6) is 3.74. The maximum Gasteiger partial charge on any atom is 0.253 e. The van der Waals surface area contributed by atoms with E-state index in [0.717, 1.165) is 34.1 Å². The molecule has 4 aliphatic rings. The third-order valence-electron chi connectivity index (χ3n) is 8.96. The van der Waals surface area contributed by atoms with Crippen LogP contribution in [0.1, 0.15) is 0 Å². The van der Waals surface area contributed by atoms with Gasteiger partial charge in [0.2, 0.25) is 0 Å². The van der Waals surface area contributed by atoms with E-state index in [-0.39, 0.29) is 13.4 Å². The molecule has 0 amide bonds. The maximum absolute atomic E-state index is 6.86. The number of hydrogen-bond donors (Lipinski definition) is 0. The van der Waals surface area contributed by atoms with Crippen LogP contribution in [-0.4, -0.2) is 13.4 Å². The average molecular weight is 570 g/mol. The van der Waals surface area contributed by atoms with E-state index in [1.54, 1.807) is 0 Å². The standard InChI is InChI=1S/C36H20B2O2S2/c1-5-13-27-23(9-1)37-25-11-3-7-15-29(25)41-31-19-17-21(35(39-27)33(31)37)22-18-20-32-34-36(22)40-28-14-6-2-10-24(28)38(34)26-12-4-8-16-30(26)42-32/h1-20H. The number of hydrogen-bond acceptors (Lipinski definition) is 4. The molecule has 10 rings (SSSR count). The molecule has 0 atom stereocenters. The molecule has 0 saturated carbocycles. The first-order valence-electron chi connectivity index (χ1n) is 14.2. The van der Waals surface area contributed by atoms with Gasteiger partial charge in [-0.2, -0.15) is 0 Å². The van der Waals surface area contributed by atoms with Crippen molar-refractivity contribution in [3.63, 3.8) is 0 Å². The van der Waals surface area contributed by atoms with E-state index in [1.165, 1.54) is 52.4 Å². The quantitative estimate of drug-likeness (QED) is 0.242. The molecule has 4 heterocycles. The highest BCUT2D eigenvalue weighted by Gasteiger charge is 2.43. The van der Waals surface area contributed by atoms with Crippen LogP contribution in [0, 0.1) is 0 Å². The first-order chi connectivity index (χ1) is 20.8. The van der Waals surface area contributed by atoms with Gasteiger partial charge in [-0.05, 0) is 70.4 Å². The summed E-state index contributed by atoms with van der Waals surface area (Å²) in [5, 5.41) is 0. The van der Waals surface area contributed by atoms with Gasteiger partial charge in [-0.3, -0.25) is 0 Å². The van der Waals surface area contributed by atoms with Crippen LogP contribution in [0.5, 0.6) is 23.0 Å². The van der Waals surface area contributed by atoms with Crippen LogP contribution in [0.4, 0.5) is 0 Å². The maximum atomic E-state index is 6.86. The van der Waals surface area contributed by atoms with Crippen molar-refractivity contribution < 1.29 is 9.47 Å². The zero-order valence-corrected chi connectivity index (χ0v) is 24.0. The first-order valence-corrected chi connectivity index (χ1v) is 15.9. The Morgan fingerprint density at radius 1 is 0.381 bits per heavy atom. The van der Waals surface area contributed by atoms with Gasteiger partial charge < -0.3 is 9.47 Å². The van der Waals surface area contributed by atoms with E-state index in [1.807, 2.05) is 23.5 Å². The van der Waals surface area contributed by atoms with Crippen LogP contribution in [0.25, 0.3) is 11.1 Å². The summed E-state index contributed by atoms with van der Waals surface area (Å²) >= 11 is 3.68. The van der Waals surface area contributed by atoms with Crippen molar-refractivity contribution in [3.8, 4) is 34.1 Å². The molecule has 0 unspecified atom stereocenters. The van der Waals surface area contributed by atoms with Crippen molar-refractivity contribution in [2.45, 2.75) is 19.6 Å². The van der Waals surface area contributed by atoms with E-state index < -0.39 is 0 Å². The smallest absolute Gasteiger partial charge is 0.253 e. The van der Waals surface area contributed by atoms with Gasteiger partial charge >= 0.3 is 0 Å². The lowest BCUT2D eigenvalue weighted by atomic mass is 9.35. The second-order valence-electron chi connectivity index (χ2n) is 11.1. The van der Waals surface area contributed by atoms with Crippen LogP contribution in [0.15, 0.2) is 141 Å². The zero-order chi connectivity index (χ0) is 27.4. The molecule has 0 N–H and O–H groups in total. The molecule has 6 aromatic rings. The predicted octanol–water partition coefficient (Wildman–Crippen LogP) is 5.53. The Labute approximate surface area is 253 Å². The summed E-state index contributed by atoms with van der Waals surface area (Å²) in [6.45, 7) is 0.256. The second-order valence-corrected chi connectivity index (χ2v) is 13.3. The van der Waals surface area contributed by atoms with Crippen LogP contribution in [-0.2, 0) is 0 Å². The molecule has 6 aromatic carbocycles. The molecular weight excluding hydrogens is 550 g/mol. The van der Waals surface area contributed by atoms with Gasteiger partial charge in [0, 0.05) is 30.7 Å². The van der Waals surface area contributed by atoms with Gasteiger partial charge in [0.1, 0.15) is 23.0 Å². The summed E-state index contributed by atoms with van der Waals surface area (Å²) in [7, 11) is 0. The fourth-order valence-corrected chi connectivity index (χ4v) is 9.48. The molecule has 6 heteroatoms. The first kappa shape index (κ1) is 23.3. The van der Waals surface area contributed by atoms with Crippen LogP contribution in [0.2, 0.25) is 0 Å². The van der Waals surface area contributed by atoms with E-state index in [9.17, 15) is 0 Å². The monoisotopic (exact) mass is 570 g/mol. The number of benzene rings is 6. The minimum atomic E-state index is 0.128. The van der Waals surface area contributed by atoms with Gasteiger partial charge in [0.15, 0.2) is 0 Å². The molecule has 2 nitrogen and oxygen atoms in total. The van der Waals surface area contributed by atoms with Crippen LogP contribution >= 0.6 is 23.5 Å². The Balaban J connectivity index is 1.24. The van der Waals surface area contributed by atoms with Gasteiger partial charge in [0.05, 0.1) is 0 Å². The highest BCUT2D eigenvalue weighted by molar-refractivity contribution is 8.00. The molecule has 42 heavy (non-hydrogen) atoms. The Bertz CT molecular complexity index is 1970. The highest BCUT2D eigenvalue weighted by atomic mass is 32.2. The van der Waals surface area contributed by atoms with Crippen molar-refractivity contribution in [2.75, 3.05) is 0 Å². The molecule has 194 valence electrons. The second kappa shape index (κ2) is 8.64. The molecule has 0 saturated heterocycles. The minimum absolute atomic E-state index is 0.128. The topological polar surface area (TPSA) is 18.5 Å². The van der Waals surface area contributed by atoms with Crippen molar-refractivity contribution in [1.29, 1.82) is 0 Å². The van der Waals surface area contributed by atoms with Gasteiger partial charge in [0.25, 0.3) is 13.4 Å². The van der Waals surface area contributed by atoms with Crippen molar-refractivity contribution >= 4 is 69.7 Å². The van der Waals surface area contributed by atoms with Gasteiger partial charge in [-0.25, -0.2) is 0 Å². The molecule has 0 bridgehead atoms. The number of ether oxygens (including phenoxy) is 2. The number of rotatable bonds is 1. The molecule has 0 spiro atoms. The van der Waals surface area contributed by atoms with E-state index >= 15 is 0 Å². The van der Waals surface area contributed by atoms with Gasteiger partial charge in [-0.15, -0.1) is 0 Å². The number of fused-ring (bicyclic) bond motifs is 8. The van der Waals surface area contributed by atoms with E-state index in [4.69, 9.17) is 9.47 Å². The number of para-hydroxylation sites is 2. The Hall–Kier alpha value is -4.25. The third kappa shape index (κ3) is 3.11. The molecule has 0 fully saturated rings. The molecular formula is C36H20B2O2S2. The fraction of sp³-hybridized carbons (Fsp3) is 0. The minimum Gasteiger partial charge on any atom is -0.458 e. The summed E-state index contributed by atoms with van der Waals surface area (Å²) in [6.07, 6.45) is 0. The van der Waals surface area contributed by atoms with Crippen molar-refractivity contribution in [3.05, 3.63) is 121 Å². The highest BCUT2D eigenvalue weighted by Crippen LogP contribution is 2.47. The fourth-order valence-electron chi connectivity index (χ4n) is 7.19. The van der Waals surface area contributed by atoms with E-state index in [2.05, 4.69) is 121 Å². The lowest BCUT2D eigenvalue weighted by Crippen LogP contribution is -2.58. The summed E-state index contributed by atoms with van der Waals surface area (Å²) < 4.78 is 13.7. The Morgan fingerprint density at radius 3 is 1.26 bits per heavy atom. The van der Waals surface area contributed by atoms with Crippen molar-refractivity contribution in [2.24, 2.45) is 0 Å². The average Bonchev–Trinajstić information content (AvgIpc) is 3.05. The normalized spacial score (nSPS) is 14.3. The van der Waals surface area contributed by atoms with Gasteiger partial charge in [-0.1, -0.05) is 107 Å². The molecule has 0 aromatic heterocycles. The summed E-state index contributed by atoms with van der Waals surface area (Å²) in [6, 6.07) is 43.7. The summed E-state index contributed by atoms with van der Waals surface area (Å²) in [5.41, 5.74) is 9.80. The van der Waals surface area contributed by atoms with Crippen molar-refractivity contribution in [1.82, 2.24) is 0 Å². The molecule has 0 radical (unpaired) electrons. The van der Waals surface area contributed by atoms with Crippen LogP contribution in [0.3, 0.4) is 0 Å².